The zero-order chi connectivity index (χ0) is 18.6. The van der Waals surface area contributed by atoms with Crippen molar-refractivity contribution in [2.45, 2.75) is 18.2 Å². The third-order valence-electron chi connectivity index (χ3n) is 4.13. The predicted molar refractivity (Wildman–Crippen MR) is 103 cm³/mol. The molecule has 0 bridgehead atoms. The lowest BCUT2D eigenvalue weighted by Gasteiger charge is -2.16. The van der Waals surface area contributed by atoms with Crippen molar-refractivity contribution < 1.29 is 13.6 Å². The van der Waals surface area contributed by atoms with Gasteiger partial charge in [0, 0.05) is 0 Å². The Bertz CT molecular complexity index is 1050. The van der Waals surface area contributed by atoms with E-state index in [1.54, 1.807) is 12.1 Å². The van der Waals surface area contributed by atoms with Crippen LogP contribution >= 0.6 is 11.8 Å². The van der Waals surface area contributed by atoms with E-state index in [9.17, 15) is 4.79 Å². The number of nitrogens with zero attached hydrogens (tertiary/aromatic N) is 2. The summed E-state index contributed by atoms with van der Waals surface area (Å²) < 4.78 is 10.7. The van der Waals surface area contributed by atoms with Crippen LogP contribution < -0.4 is 5.32 Å². The summed E-state index contributed by atoms with van der Waals surface area (Å²) >= 11 is 1.19. The highest BCUT2D eigenvalue weighted by molar-refractivity contribution is 7.99. The van der Waals surface area contributed by atoms with Gasteiger partial charge in [-0.1, -0.05) is 54.2 Å². The van der Waals surface area contributed by atoms with E-state index in [0.717, 1.165) is 16.3 Å². The first-order chi connectivity index (χ1) is 13.2. The highest BCUT2D eigenvalue weighted by atomic mass is 32.2. The van der Waals surface area contributed by atoms with E-state index in [1.807, 2.05) is 31.2 Å². The minimum Gasteiger partial charge on any atom is -0.459 e. The van der Waals surface area contributed by atoms with Gasteiger partial charge in [-0.3, -0.25) is 4.79 Å². The van der Waals surface area contributed by atoms with E-state index >= 15 is 0 Å². The van der Waals surface area contributed by atoms with Crippen LogP contribution in [0.5, 0.6) is 0 Å². The molecule has 6 nitrogen and oxygen atoms in total. The third-order valence-corrected chi connectivity index (χ3v) is 4.95. The largest absolute Gasteiger partial charge is 0.459 e. The Morgan fingerprint density at radius 1 is 1.11 bits per heavy atom. The number of fused-ring (bicyclic) bond motifs is 1. The van der Waals surface area contributed by atoms with Gasteiger partial charge in [-0.05, 0) is 35.4 Å². The molecule has 7 heteroatoms. The van der Waals surface area contributed by atoms with Gasteiger partial charge >= 0.3 is 0 Å². The van der Waals surface area contributed by atoms with Crippen LogP contribution in [0, 0.1) is 0 Å². The molecule has 0 radical (unpaired) electrons. The van der Waals surface area contributed by atoms with Crippen molar-refractivity contribution in [1.29, 1.82) is 0 Å². The molecule has 4 aromatic rings. The first-order valence-corrected chi connectivity index (χ1v) is 9.46. The number of aromatic nitrogens is 2. The van der Waals surface area contributed by atoms with Crippen molar-refractivity contribution in [3.8, 4) is 11.7 Å². The van der Waals surface area contributed by atoms with Gasteiger partial charge in [0.2, 0.25) is 5.91 Å². The second kappa shape index (κ2) is 7.67. The number of furan rings is 1. The molecule has 0 saturated carbocycles. The van der Waals surface area contributed by atoms with E-state index in [-0.39, 0.29) is 17.7 Å². The number of thioether (sulfide) groups is 1. The quantitative estimate of drug-likeness (QED) is 0.499. The second-order valence-corrected chi connectivity index (χ2v) is 6.92. The molecule has 1 unspecified atom stereocenters. The standard InChI is InChI=1S/C20H17N3O3S/c1-13(15-9-4-7-14-6-2-3-8-16(14)15)21-18(24)12-27-20-23-22-19(26-20)17-10-5-11-25-17/h2-11,13H,12H2,1H3,(H,21,24). The maximum Gasteiger partial charge on any atom is 0.284 e. The SMILES string of the molecule is CC(NC(=O)CSc1nnc(-c2ccco2)o1)c1cccc2ccccc12. The van der Waals surface area contributed by atoms with Crippen LogP contribution in [0.1, 0.15) is 18.5 Å². The molecule has 27 heavy (non-hydrogen) atoms. The van der Waals surface area contributed by atoms with Crippen molar-refractivity contribution in [2.24, 2.45) is 0 Å². The van der Waals surface area contributed by atoms with Gasteiger partial charge in [-0.15, -0.1) is 10.2 Å². The molecule has 1 N–H and O–H groups in total. The van der Waals surface area contributed by atoms with Crippen LogP contribution in [0.25, 0.3) is 22.4 Å². The summed E-state index contributed by atoms with van der Waals surface area (Å²) in [4.78, 5) is 12.3. The molecule has 0 saturated heterocycles. The molecule has 0 fully saturated rings. The van der Waals surface area contributed by atoms with Crippen LogP contribution in [-0.4, -0.2) is 21.9 Å². The lowest BCUT2D eigenvalue weighted by molar-refractivity contribution is -0.119. The fourth-order valence-electron chi connectivity index (χ4n) is 2.88. The van der Waals surface area contributed by atoms with E-state index in [0.29, 0.717) is 16.9 Å². The van der Waals surface area contributed by atoms with Crippen molar-refractivity contribution in [3.05, 3.63) is 66.4 Å². The summed E-state index contributed by atoms with van der Waals surface area (Å²) in [6.45, 7) is 1.98. The van der Waals surface area contributed by atoms with Gasteiger partial charge in [-0.2, -0.15) is 0 Å². The zero-order valence-corrected chi connectivity index (χ0v) is 15.4. The highest BCUT2D eigenvalue weighted by Crippen LogP contribution is 2.25. The molecule has 1 atom stereocenters. The summed E-state index contributed by atoms with van der Waals surface area (Å²) in [6.07, 6.45) is 1.54. The van der Waals surface area contributed by atoms with E-state index in [4.69, 9.17) is 8.83 Å². The molecule has 0 spiro atoms. The maximum atomic E-state index is 12.3. The van der Waals surface area contributed by atoms with Gasteiger partial charge in [0.05, 0.1) is 18.1 Å². The summed E-state index contributed by atoms with van der Waals surface area (Å²) in [5, 5.41) is 13.5. The number of carbonyl (C=O) groups excluding carboxylic acids is 1. The van der Waals surface area contributed by atoms with Crippen molar-refractivity contribution >= 4 is 28.4 Å². The van der Waals surface area contributed by atoms with Crippen LogP contribution in [-0.2, 0) is 4.79 Å². The molecule has 0 aliphatic heterocycles. The molecule has 2 heterocycles. The van der Waals surface area contributed by atoms with Crippen molar-refractivity contribution in [1.82, 2.24) is 15.5 Å². The monoisotopic (exact) mass is 379 g/mol. The maximum absolute atomic E-state index is 12.3. The molecule has 136 valence electrons. The van der Waals surface area contributed by atoms with Gasteiger partial charge in [0.15, 0.2) is 5.76 Å². The van der Waals surface area contributed by atoms with Crippen LogP contribution in [0.4, 0.5) is 0 Å². The molecule has 0 aliphatic carbocycles. The number of nitrogens with one attached hydrogen (secondary N) is 1. The van der Waals surface area contributed by atoms with Crippen molar-refractivity contribution in [3.63, 3.8) is 0 Å². The molecule has 2 aromatic carbocycles. The second-order valence-electron chi connectivity index (χ2n) is 6.00. The number of carbonyl (C=O) groups is 1. The van der Waals surface area contributed by atoms with Crippen LogP contribution in [0.2, 0.25) is 0 Å². The number of rotatable bonds is 6. The molecule has 1 amide bonds. The normalized spacial score (nSPS) is 12.2. The number of hydrogen-bond acceptors (Lipinski definition) is 6. The summed E-state index contributed by atoms with van der Waals surface area (Å²) in [5.74, 6) is 0.892. The van der Waals surface area contributed by atoms with Gasteiger partial charge < -0.3 is 14.2 Å². The lowest BCUT2D eigenvalue weighted by atomic mass is 10.00. The average molecular weight is 379 g/mol. The Balaban J connectivity index is 1.38. The molecular weight excluding hydrogens is 362 g/mol. The van der Waals surface area contributed by atoms with Gasteiger partial charge in [0.1, 0.15) is 0 Å². The predicted octanol–water partition coefficient (Wildman–Crippen LogP) is 4.45. The number of hydrogen-bond donors (Lipinski definition) is 1. The van der Waals surface area contributed by atoms with E-state index < -0.39 is 0 Å². The van der Waals surface area contributed by atoms with Crippen LogP contribution in [0.3, 0.4) is 0 Å². The summed E-state index contributed by atoms with van der Waals surface area (Å²) in [5.41, 5.74) is 1.09. The Labute approximate surface area is 160 Å². The Morgan fingerprint density at radius 3 is 2.81 bits per heavy atom. The van der Waals surface area contributed by atoms with Crippen molar-refractivity contribution in [2.75, 3.05) is 5.75 Å². The Kier molecular flexibility index (Phi) is 4.93. The fourth-order valence-corrected chi connectivity index (χ4v) is 3.46. The zero-order valence-electron chi connectivity index (χ0n) is 14.6. The summed E-state index contributed by atoms with van der Waals surface area (Å²) in [7, 11) is 0. The summed E-state index contributed by atoms with van der Waals surface area (Å²) in [6, 6.07) is 17.6. The molecule has 4 rings (SSSR count). The minimum atomic E-state index is -0.106. The number of amides is 1. The van der Waals surface area contributed by atoms with E-state index in [1.165, 1.54) is 18.0 Å². The van der Waals surface area contributed by atoms with E-state index in [2.05, 4.69) is 33.7 Å². The first-order valence-electron chi connectivity index (χ1n) is 8.48. The lowest BCUT2D eigenvalue weighted by Crippen LogP contribution is -2.28. The minimum absolute atomic E-state index is 0.0989. The van der Waals surface area contributed by atoms with Gasteiger partial charge in [0.25, 0.3) is 11.1 Å². The topological polar surface area (TPSA) is 81.2 Å². The Hall–Kier alpha value is -3.06. The van der Waals surface area contributed by atoms with Gasteiger partial charge in [-0.25, -0.2) is 0 Å². The fraction of sp³-hybridized carbons (Fsp3) is 0.150. The smallest absolute Gasteiger partial charge is 0.284 e. The first kappa shape index (κ1) is 17.4. The molecular formula is C20H17N3O3S. The number of benzene rings is 2. The highest BCUT2D eigenvalue weighted by Gasteiger charge is 2.15. The Morgan fingerprint density at radius 2 is 1.96 bits per heavy atom. The molecule has 2 aromatic heterocycles. The molecule has 0 aliphatic rings. The van der Waals surface area contributed by atoms with Crippen LogP contribution in [0.15, 0.2) is 74.9 Å². The average Bonchev–Trinajstić information content (AvgIpc) is 3.37. The third kappa shape index (κ3) is 3.88.